The predicted molar refractivity (Wildman–Crippen MR) is 104 cm³/mol. The minimum Gasteiger partial charge on any atom is -0.506 e. The summed E-state index contributed by atoms with van der Waals surface area (Å²) in [4.78, 5) is 12.5. The van der Waals surface area contributed by atoms with Gasteiger partial charge in [-0.2, -0.15) is 5.26 Å². The molecular weight excluding hydrogens is 326 g/mol. The number of amides is 1. The molecule has 0 spiro atoms. The van der Waals surface area contributed by atoms with Gasteiger partial charge in [0.05, 0.1) is 5.69 Å². The van der Waals surface area contributed by atoms with E-state index in [4.69, 9.17) is 0 Å². The van der Waals surface area contributed by atoms with Gasteiger partial charge >= 0.3 is 0 Å². The maximum atomic E-state index is 12.5. The summed E-state index contributed by atoms with van der Waals surface area (Å²) in [5.41, 5.74) is 3.94. The highest BCUT2D eigenvalue weighted by atomic mass is 16.3. The van der Waals surface area contributed by atoms with Crippen LogP contribution in [0.3, 0.4) is 0 Å². The highest BCUT2D eigenvalue weighted by Crippen LogP contribution is 2.28. The van der Waals surface area contributed by atoms with Crippen LogP contribution >= 0.6 is 0 Å². The Hall–Kier alpha value is -3.26. The Bertz CT molecular complexity index is 893. The molecule has 5 nitrogen and oxygen atoms in total. The van der Waals surface area contributed by atoms with Gasteiger partial charge in [0, 0.05) is 11.9 Å². The van der Waals surface area contributed by atoms with Crippen molar-refractivity contribution in [3.8, 4) is 11.8 Å². The number of carbonyl (C=O) groups is 1. The molecule has 0 fully saturated rings. The Morgan fingerprint density at radius 2 is 1.96 bits per heavy atom. The van der Waals surface area contributed by atoms with E-state index in [2.05, 4.69) is 10.6 Å². The van der Waals surface area contributed by atoms with Crippen LogP contribution in [0.2, 0.25) is 0 Å². The Kier molecular flexibility index (Phi) is 6.03. The van der Waals surface area contributed by atoms with Gasteiger partial charge in [-0.15, -0.1) is 0 Å². The van der Waals surface area contributed by atoms with Crippen LogP contribution in [0.25, 0.3) is 0 Å². The smallest absolute Gasteiger partial charge is 0.267 e. The molecule has 0 aliphatic rings. The maximum absolute atomic E-state index is 12.5. The Morgan fingerprint density at radius 1 is 1.23 bits per heavy atom. The number of nitrogens with zero attached hydrogens (tertiary/aromatic N) is 1. The molecule has 0 aromatic heterocycles. The normalized spacial score (nSPS) is 11.2. The van der Waals surface area contributed by atoms with Gasteiger partial charge in [0.2, 0.25) is 0 Å². The molecule has 1 amide bonds. The lowest BCUT2D eigenvalue weighted by Crippen LogP contribution is -2.17. The molecular formula is C21H23N3O2. The number of phenolic OH excluding ortho intramolecular Hbond substituents is 1. The van der Waals surface area contributed by atoms with Crippen molar-refractivity contribution in [1.82, 2.24) is 0 Å². The number of anilines is 2. The molecule has 0 unspecified atom stereocenters. The van der Waals surface area contributed by atoms with Gasteiger partial charge in [-0.05, 0) is 48.6 Å². The van der Waals surface area contributed by atoms with Gasteiger partial charge in [-0.25, -0.2) is 0 Å². The molecule has 0 radical (unpaired) electrons. The van der Waals surface area contributed by atoms with Crippen LogP contribution < -0.4 is 10.6 Å². The molecule has 2 aromatic carbocycles. The second-order valence-corrected chi connectivity index (χ2v) is 6.48. The van der Waals surface area contributed by atoms with Crippen molar-refractivity contribution in [3.63, 3.8) is 0 Å². The number of carbonyl (C=O) groups excluding carboxylic acids is 1. The Morgan fingerprint density at radius 3 is 2.58 bits per heavy atom. The summed E-state index contributed by atoms with van der Waals surface area (Å²) in [6, 6.07) is 12.8. The van der Waals surface area contributed by atoms with Crippen LogP contribution in [-0.2, 0) is 4.79 Å². The highest BCUT2D eigenvalue weighted by Gasteiger charge is 2.15. The van der Waals surface area contributed by atoms with Crippen LogP contribution in [-0.4, -0.2) is 11.0 Å². The third-order valence-corrected chi connectivity index (χ3v) is 4.06. The lowest BCUT2D eigenvalue weighted by Gasteiger charge is -2.16. The van der Waals surface area contributed by atoms with E-state index in [-0.39, 0.29) is 17.2 Å². The van der Waals surface area contributed by atoms with E-state index in [0.29, 0.717) is 5.69 Å². The number of rotatable bonds is 5. The SMILES string of the molecule is Cc1ccc(N/C=C(/C#N)C(=O)Nc2c(C)cccc2C(C)C)c(O)c1. The summed E-state index contributed by atoms with van der Waals surface area (Å²) in [6.45, 7) is 7.88. The molecule has 0 saturated carbocycles. The standard InChI is InChI=1S/C21H23N3O2/c1-13(2)17-7-5-6-15(4)20(17)24-21(26)16(11-22)12-23-18-9-8-14(3)10-19(18)25/h5-10,12-13,23,25H,1-4H3,(H,24,26)/b16-12-. The number of aryl methyl sites for hydroxylation is 2. The largest absolute Gasteiger partial charge is 0.506 e. The molecule has 0 atom stereocenters. The fourth-order valence-electron chi connectivity index (χ4n) is 2.59. The summed E-state index contributed by atoms with van der Waals surface area (Å²) in [5.74, 6) is -0.204. The molecule has 0 bridgehead atoms. The lowest BCUT2D eigenvalue weighted by molar-refractivity contribution is -0.112. The zero-order valence-corrected chi connectivity index (χ0v) is 15.4. The summed E-state index contributed by atoms with van der Waals surface area (Å²) in [7, 11) is 0. The first-order chi connectivity index (χ1) is 12.3. The van der Waals surface area contributed by atoms with E-state index in [1.807, 2.05) is 58.0 Å². The summed E-state index contributed by atoms with van der Waals surface area (Å²) in [6.07, 6.45) is 1.30. The molecule has 3 N–H and O–H groups in total. The van der Waals surface area contributed by atoms with Gasteiger partial charge in [0.1, 0.15) is 17.4 Å². The summed E-state index contributed by atoms with van der Waals surface area (Å²) in [5, 5.41) is 24.9. The predicted octanol–water partition coefficient (Wildman–Crippen LogP) is 4.59. The number of phenols is 1. The lowest BCUT2D eigenvalue weighted by atomic mass is 9.98. The van der Waals surface area contributed by atoms with E-state index in [1.54, 1.807) is 12.1 Å². The van der Waals surface area contributed by atoms with Gasteiger partial charge in [-0.1, -0.05) is 38.1 Å². The number of nitriles is 1. The van der Waals surface area contributed by atoms with Crippen molar-refractivity contribution in [2.75, 3.05) is 10.6 Å². The highest BCUT2D eigenvalue weighted by molar-refractivity contribution is 6.07. The van der Waals surface area contributed by atoms with Crippen molar-refractivity contribution >= 4 is 17.3 Å². The molecule has 134 valence electrons. The summed E-state index contributed by atoms with van der Waals surface area (Å²) >= 11 is 0. The van der Waals surface area contributed by atoms with Crippen molar-refractivity contribution in [3.05, 3.63) is 64.9 Å². The Labute approximate surface area is 154 Å². The van der Waals surface area contributed by atoms with Gasteiger partial charge in [0.15, 0.2) is 0 Å². The van der Waals surface area contributed by atoms with Crippen LogP contribution in [0.15, 0.2) is 48.2 Å². The van der Waals surface area contributed by atoms with E-state index in [9.17, 15) is 15.2 Å². The van der Waals surface area contributed by atoms with Crippen molar-refractivity contribution < 1.29 is 9.90 Å². The first kappa shape index (κ1) is 19.1. The van der Waals surface area contributed by atoms with Crippen molar-refractivity contribution in [1.29, 1.82) is 5.26 Å². The van der Waals surface area contributed by atoms with Crippen molar-refractivity contribution in [2.45, 2.75) is 33.6 Å². The van der Waals surface area contributed by atoms with Crippen LogP contribution in [0.4, 0.5) is 11.4 Å². The molecule has 0 aliphatic carbocycles. The van der Waals surface area contributed by atoms with Crippen LogP contribution in [0.5, 0.6) is 5.75 Å². The molecule has 5 heteroatoms. The average Bonchev–Trinajstić information content (AvgIpc) is 2.58. The third kappa shape index (κ3) is 4.42. The van der Waals surface area contributed by atoms with Crippen LogP contribution in [0, 0.1) is 25.2 Å². The molecule has 0 aliphatic heterocycles. The van der Waals surface area contributed by atoms with Crippen molar-refractivity contribution in [2.24, 2.45) is 0 Å². The number of nitrogens with one attached hydrogen (secondary N) is 2. The van der Waals surface area contributed by atoms with Crippen LogP contribution in [0.1, 0.15) is 36.5 Å². The second kappa shape index (κ2) is 8.21. The first-order valence-electron chi connectivity index (χ1n) is 8.40. The number of benzene rings is 2. The Balaban J connectivity index is 2.23. The zero-order chi connectivity index (χ0) is 19.3. The minimum atomic E-state index is -0.497. The first-order valence-corrected chi connectivity index (χ1v) is 8.40. The number of aromatic hydroxyl groups is 1. The molecule has 26 heavy (non-hydrogen) atoms. The average molecular weight is 349 g/mol. The monoisotopic (exact) mass is 349 g/mol. The number of hydrogen-bond donors (Lipinski definition) is 3. The fourth-order valence-corrected chi connectivity index (χ4v) is 2.59. The quantitative estimate of drug-likeness (QED) is 0.419. The molecule has 2 aromatic rings. The van der Waals surface area contributed by atoms with E-state index >= 15 is 0 Å². The van der Waals surface area contributed by atoms with Gasteiger partial charge < -0.3 is 15.7 Å². The number of hydrogen-bond acceptors (Lipinski definition) is 4. The van der Waals surface area contributed by atoms with Gasteiger partial charge in [-0.3, -0.25) is 4.79 Å². The molecule has 2 rings (SSSR count). The maximum Gasteiger partial charge on any atom is 0.267 e. The molecule has 0 saturated heterocycles. The van der Waals surface area contributed by atoms with E-state index < -0.39 is 5.91 Å². The second-order valence-electron chi connectivity index (χ2n) is 6.48. The third-order valence-electron chi connectivity index (χ3n) is 4.06. The zero-order valence-electron chi connectivity index (χ0n) is 15.4. The van der Waals surface area contributed by atoms with Gasteiger partial charge in [0.25, 0.3) is 5.91 Å². The number of para-hydroxylation sites is 1. The minimum absolute atomic E-state index is 0.0555. The molecule has 0 heterocycles. The van der Waals surface area contributed by atoms with E-state index in [1.165, 1.54) is 6.20 Å². The fraction of sp³-hybridized carbons (Fsp3) is 0.238. The topological polar surface area (TPSA) is 85.2 Å². The summed E-state index contributed by atoms with van der Waals surface area (Å²) < 4.78 is 0. The van der Waals surface area contributed by atoms with E-state index in [0.717, 1.165) is 22.4 Å².